The fraction of sp³-hybridized carbons (Fsp3) is 0.353. The standard InChI is InChI=1S/C17H19F3N2OS/c1-22(2)15(13-6-7-24-11-13)10-21-16(23)9-12-4-3-5-14(8-12)17(18,19)20/h3-8,11,15H,9-10H2,1-2H3,(H,21,23). The Hall–Kier alpha value is -1.86. The molecule has 1 atom stereocenters. The van der Waals surface area contributed by atoms with Gasteiger partial charge >= 0.3 is 6.18 Å². The molecular formula is C17H19F3N2OS. The highest BCUT2D eigenvalue weighted by Crippen LogP contribution is 2.29. The van der Waals surface area contributed by atoms with Crippen LogP contribution in [0.3, 0.4) is 0 Å². The zero-order valence-corrected chi connectivity index (χ0v) is 14.2. The Bertz CT molecular complexity index is 669. The van der Waals surface area contributed by atoms with Gasteiger partial charge in [0, 0.05) is 6.54 Å². The molecule has 3 nitrogen and oxygen atoms in total. The first-order valence-corrected chi connectivity index (χ1v) is 8.33. The predicted molar refractivity (Wildman–Crippen MR) is 88.9 cm³/mol. The minimum absolute atomic E-state index is 0.0294. The summed E-state index contributed by atoms with van der Waals surface area (Å²) in [7, 11) is 3.84. The fourth-order valence-corrected chi connectivity index (χ4v) is 3.09. The molecule has 0 aliphatic carbocycles. The molecule has 0 saturated carbocycles. The maximum absolute atomic E-state index is 12.7. The molecule has 1 aromatic heterocycles. The highest BCUT2D eigenvalue weighted by molar-refractivity contribution is 7.07. The molecule has 2 rings (SSSR count). The summed E-state index contributed by atoms with van der Waals surface area (Å²) >= 11 is 1.58. The second-order valence-electron chi connectivity index (χ2n) is 5.72. The molecule has 0 radical (unpaired) electrons. The number of nitrogens with zero attached hydrogens (tertiary/aromatic N) is 1. The third-order valence-electron chi connectivity index (χ3n) is 3.66. The van der Waals surface area contributed by atoms with Crippen molar-refractivity contribution in [2.75, 3.05) is 20.6 Å². The highest BCUT2D eigenvalue weighted by Gasteiger charge is 2.30. The van der Waals surface area contributed by atoms with E-state index in [1.54, 1.807) is 11.3 Å². The van der Waals surface area contributed by atoms with Crippen molar-refractivity contribution in [2.24, 2.45) is 0 Å². The maximum Gasteiger partial charge on any atom is 0.416 e. The summed E-state index contributed by atoms with van der Waals surface area (Å²) in [5, 5.41) is 6.79. The number of hydrogen-bond donors (Lipinski definition) is 1. The Labute approximate surface area is 143 Å². The molecule has 1 N–H and O–H groups in total. The molecule has 130 valence electrons. The summed E-state index contributed by atoms with van der Waals surface area (Å²) in [6.07, 6.45) is -4.48. The first-order valence-electron chi connectivity index (χ1n) is 7.38. The van der Waals surface area contributed by atoms with E-state index in [1.807, 2.05) is 35.8 Å². The molecule has 0 bridgehead atoms. The van der Waals surface area contributed by atoms with Crippen LogP contribution in [0.1, 0.15) is 22.7 Å². The Balaban J connectivity index is 1.96. The van der Waals surface area contributed by atoms with Crippen LogP contribution < -0.4 is 5.32 Å². The number of rotatable bonds is 6. The number of amides is 1. The number of alkyl halides is 3. The van der Waals surface area contributed by atoms with Gasteiger partial charge in [-0.1, -0.05) is 18.2 Å². The number of carbonyl (C=O) groups excluding carboxylic acids is 1. The Morgan fingerprint density at radius 1 is 1.29 bits per heavy atom. The van der Waals surface area contributed by atoms with E-state index in [4.69, 9.17) is 0 Å². The number of benzene rings is 1. The smallest absolute Gasteiger partial charge is 0.354 e. The Morgan fingerprint density at radius 3 is 2.62 bits per heavy atom. The molecule has 0 fully saturated rings. The fourth-order valence-electron chi connectivity index (χ4n) is 2.38. The minimum atomic E-state index is -4.40. The average Bonchev–Trinajstić information content (AvgIpc) is 3.00. The summed E-state index contributed by atoms with van der Waals surface area (Å²) in [5.41, 5.74) is 0.709. The molecule has 0 aliphatic rings. The van der Waals surface area contributed by atoms with Crippen molar-refractivity contribution in [3.8, 4) is 0 Å². The normalized spacial score (nSPS) is 13.1. The Morgan fingerprint density at radius 2 is 2.04 bits per heavy atom. The third kappa shape index (κ3) is 5.07. The highest BCUT2D eigenvalue weighted by atomic mass is 32.1. The zero-order valence-electron chi connectivity index (χ0n) is 13.4. The third-order valence-corrected chi connectivity index (χ3v) is 4.36. The van der Waals surface area contributed by atoms with Gasteiger partial charge in [-0.25, -0.2) is 0 Å². The van der Waals surface area contributed by atoms with Gasteiger partial charge in [0.15, 0.2) is 0 Å². The maximum atomic E-state index is 12.7. The Kier molecular flexibility index (Phi) is 6.01. The lowest BCUT2D eigenvalue weighted by molar-refractivity contribution is -0.137. The van der Waals surface area contributed by atoms with Crippen molar-refractivity contribution in [2.45, 2.75) is 18.6 Å². The molecule has 0 spiro atoms. The van der Waals surface area contributed by atoms with Crippen molar-refractivity contribution in [3.05, 3.63) is 57.8 Å². The molecular weight excluding hydrogens is 337 g/mol. The van der Waals surface area contributed by atoms with E-state index >= 15 is 0 Å². The molecule has 1 amide bonds. The monoisotopic (exact) mass is 356 g/mol. The largest absolute Gasteiger partial charge is 0.416 e. The summed E-state index contributed by atoms with van der Waals surface area (Å²) < 4.78 is 38.1. The van der Waals surface area contributed by atoms with Gasteiger partial charge in [-0.15, -0.1) is 0 Å². The molecule has 24 heavy (non-hydrogen) atoms. The number of likely N-dealkylation sites (N-methyl/N-ethyl adjacent to an activating group) is 1. The SMILES string of the molecule is CN(C)C(CNC(=O)Cc1cccc(C(F)(F)F)c1)c1ccsc1. The lowest BCUT2D eigenvalue weighted by Crippen LogP contribution is -2.35. The molecule has 0 saturated heterocycles. The van der Waals surface area contributed by atoms with Gasteiger partial charge in [-0.05, 0) is 48.1 Å². The van der Waals surface area contributed by atoms with Gasteiger partial charge in [0.1, 0.15) is 0 Å². The van der Waals surface area contributed by atoms with Crippen LogP contribution in [0.4, 0.5) is 13.2 Å². The topological polar surface area (TPSA) is 32.3 Å². The zero-order chi connectivity index (χ0) is 17.7. The lowest BCUT2D eigenvalue weighted by atomic mass is 10.1. The van der Waals surface area contributed by atoms with E-state index in [2.05, 4.69) is 5.32 Å². The number of thiophene rings is 1. The van der Waals surface area contributed by atoms with Crippen LogP contribution in [0.2, 0.25) is 0 Å². The van der Waals surface area contributed by atoms with Crippen molar-refractivity contribution in [1.29, 1.82) is 0 Å². The first-order chi connectivity index (χ1) is 11.3. The van der Waals surface area contributed by atoms with E-state index in [0.29, 0.717) is 12.1 Å². The van der Waals surface area contributed by atoms with Gasteiger partial charge in [-0.3, -0.25) is 4.79 Å². The van der Waals surface area contributed by atoms with Crippen molar-refractivity contribution in [1.82, 2.24) is 10.2 Å². The van der Waals surface area contributed by atoms with Crippen LogP contribution in [0.15, 0.2) is 41.1 Å². The van der Waals surface area contributed by atoms with E-state index in [1.165, 1.54) is 12.1 Å². The van der Waals surface area contributed by atoms with Crippen molar-refractivity contribution in [3.63, 3.8) is 0 Å². The number of hydrogen-bond acceptors (Lipinski definition) is 3. The van der Waals surface area contributed by atoms with Gasteiger partial charge in [0.2, 0.25) is 5.91 Å². The second kappa shape index (κ2) is 7.81. The van der Waals surface area contributed by atoms with Crippen LogP contribution >= 0.6 is 11.3 Å². The van der Waals surface area contributed by atoms with Gasteiger partial charge in [0.25, 0.3) is 0 Å². The van der Waals surface area contributed by atoms with Crippen LogP contribution in [-0.4, -0.2) is 31.4 Å². The summed E-state index contributed by atoms with van der Waals surface area (Å²) in [4.78, 5) is 14.1. The lowest BCUT2D eigenvalue weighted by Gasteiger charge is -2.24. The van der Waals surface area contributed by atoms with Crippen molar-refractivity contribution >= 4 is 17.2 Å². The van der Waals surface area contributed by atoms with Gasteiger partial charge in [-0.2, -0.15) is 24.5 Å². The van der Waals surface area contributed by atoms with Crippen molar-refractivity contribution < 1.29 is 18.0 Å². The summed E-state index contributed by atoms with van der Waals surface area (Å²) in [6.45, 7) is 0.404. The van der Waals surface area contributed by atoms with Crippen LogP contribution in [0.25, 0.3) is 0 Å². The van der Waals surface area contributed by atoms with E-state index in [-0.39, 0.29) is 18.4 Å². The molecule has 1 heterocycles. The summed E-state index contributed by atoms with van der Waals surface area (Å²) in [6, 6.07) is 6.88. The molecule has 7 heteroatoms. The van der Waals surface area contributed by atoms with E-state index in [0.717, 1.165) is 17.7 Å². The van der Waals surface area contributed by atoms with E-state index < -0.39 is 11.7 Å². The molecule has 2 aromatic rings. The van der Waals surface area contributed by atoms with Crippen LogP contribution in [-0.2, 0) is 17.4 Å². The minimum Gasteiger partial charge on any atom is -0.354 e. The van der Waals surface area contributed by atoms with Crippen LogP contribution in [0.5, 0.6) is 0 Å². The second-order valence-corrected chi connectivity index (χ2v) is 6.50. The molecule has 1 unspecified atom stereocenters. The van der Waals surface area contributed by atoms with E-state index in [9.17, 15) is 18.0 Å². The number of carbonyl (C=O) groups is 1. The number of halogens is 3. The number of nitrogens with one attached hydrogen (secondary N) is 1. The average molecular weight is 356 g/mol. The first kappa shape index (κ1) is 18.5. The van der Waals surface area contributed by atoms with Crippen LogP contribution in [0, 0.1) is 0 Å². The van der Waals surface area contributed by atoms with Gasteiger partial charge in [0.05, 0.1) is 18.0 Å². The molecule has 0 aliphatic heterocycles. The quantitative estimate of drug-likeness (QED) is 0.855. The summed E-state index contributed by atoms with van der Waals surface area (Å²) in [5.74, 6) is -0.295. The van der Waals surface area contributed by atoms with Gasteiger partial charge < -0.3 is 10.2 Å². The molecule has 1 aromatic carbocycles. The predicted octanol–water partition coefficient (Wildman–Crippen LogP) is 3.73.